The zero-order chi connectivity index (χ0) is 17.8. The number of nitrogens with zero attached hydrogens (tertiary/aromatic N) is 3. The molecule has 0 saturated carbocycles. The molecule has 25 heavy (non-hydrogen) atoms. The van der Waals surface area contributed by atoms with E-state index >= 15 is 0 Å². The lowest BCUT2D eigenvalue weighted by molar-refractivity contribution is -0.384. The molecule has 1 atom stereocenters. The van der Waals surface area contributed by atoms with Crippen molar-refractivity contribution in [2.24, 2.45) is 4.99 Å². The van der Waals surface area contributed by atoms with Crippen LogP contribution in [0.25, 0.3) is 0 Å². The predicted octanol–water partition coefficient (Wildman–Crippen LogP) is 0.110. The molecule has 2 amide bonds. The minimum atomic E-state index is -0.883. The van der Waals surface area contributed by atoms with E-state index in [1.165, 1.54) is 18.2 Å². The van der Waals surface area contributed by atoms with Gasteiger partial charge in [0.25, 0.3) is 5.69 Å². The third kappa shape index (κ3) is 4.10. The molecule has 2 heterocycles. The molecular formula is C15H17N5O5. The summed E-state index contributed by atoms with van der Waals surface area (Å²) in [5, 5.41) is 16.1. The number of nitrogens with one attached hydrogen (secondary N) is 2. The first-order valence-corrected chi connectivity index (χ1v) is 7.78. The fourth-order valence-electron chi connectivity index (χ4n) is 2.59. The highest BCUT2D eigenvalue weighted by Crippen LogP contribution is 2.18. The Labute approximate surface area is 143 Å². The number of ether oxygens (including phenoxy) is 1. The zero-order valence-electron chi connectivity index (χ0n) is 13.3. The van der Waals surface area contributed by atoms with Gasteiger partial charge in [0, 0.05) is 30.9 Å². The lowest BCUT2D eigenvalue weighted by atomic mass is 10.1. The van der Waals surface area contributed by atoms with E-state index in [0.29, 0.717) is 32.3 Å². The lowest BCUT2D eigenvalue weighted by Crippen LogP contribution is -2.53. The molecule has 0 aromatic heterocycles. The topological polar surface area (TPSA) is 126 Å². The van der Waals surface area contributed by atoms with Gasteiger partial charge in [-0.3, -0.25) is 25.0 Å². The summed E-state index contributed by atoms with van der Waals surface area (Å²) >= 11 is 0. The van der Waals surface area contributed by atoms with E-state index in [2.05, 4.69) is 15.6 Å². The van der Waals surface area contributed by atoms with Crippen LogP contribution in [0.5, 0.6) is 0 Å². The third-order valence-corrected chi connectivity index (χ3v) is 3.85. The summed E-state index contributed by atoms with van der Waals surface area (Å²) in [5.41, 5.74) is 0.157. The van der Waals surface area contributed by atoms with Crippen LogP contribution in [-0.2, 0) is 14.3 Å². The van der Waals surface area contributed by atoms with Gasteiger partial charge < -0.3 is 15.0 Å². The molecule has 0 radical (unpaired) electrons. The number of aliphatic imine (C=N–C) groups is 1. The van der Waals surface area contributed by atoms with Gasteiger partial charge in [0.15, 0.2) is 0 Å². The fraction of sp³-hybridized carbons (Fsp3) is 0.400. The van der Waals surface area contributed by atoms with Crippen molar-refractivity contribution >= 4 is 29.1 Å². The summed E-state index contributed by atoms with van der Waals surface area (Å²) in [4.78, 5) is 40.8. The average molecular weight is 347 g/mol. The minimum Gasteiger partial charge on any atom is -0.378 e. The molecule has 0 aliphatic carbocycles. The number of carbonyl (C=O) groups excluding carboxylic acids is 2. The number of rotatable bonds is 3. The Morgan fingerprint density at radius 2 is 2.16 bits per heavy atom. The number of benzene rings is 1. The number of guanidine groups is 1. The summed E-state index contributed by atoms with van der Waals surface area (Å²) in [5.74, 6) is -0.421. The van der Waals surface area contributed by atoms with Crippen LogP contribution in [0.3, 0.4) is 0 Å². The second kappa shape index (κ2) is 7.26. The number of morpholine rings is 1. The SMILES string of the molecule is O=C1C[C@@H](C(=O)Nc2cccc([N+](=O)[O-])c2)N=C(N2CCOCC2)N1. The van der Waals surface area contributed by atoms with Crippen LogP contribution in [-0.4, -0.2) is 59.9 Å². The van der Waals surface area contributed by atoms with Gasteiger partial charge in [-0.05, 0) is 6.07 Å². The van der Waals surface area contributed by atoms with Gasteiger partial charge in [0.2, 0.25) is 17.8 Å². The number of nitro groups is 1. The summed E-state index contributed by atoms with van der Waals surface area (Å²) in [6.07, 6.45) is -0.0748. The summed E-state index contributed by atoms with van der Waals surface area (Å²) in [6, 6.07) is 4.72. The van der Waals surface area contributed by atoms with Gasteiger partial charge in [-0.25, -0.2) is 4.99 Å². The Bertz CT molecular complexity index is 729. The highest BCUT2D eigenvalue weighted by Gasteiger charge is 2.30. The van der Waals surface area contributed by atoms with Crippen molar-refractivity contribution in [3.63, 3.8) is 0 Å². The number of amides is 2. The fourth-order valence-corrected chi connectivity index (χ4v) is 2.59. The first kappa shape index (κ1) is 16.8. The van der Waals surface area contributed by atoms with Crippen molar-refractivity contribution in [2.75, 3.05) is 31.6 Å². The summed E-state index contributed by atoms with van der Waals surface area (Å²) in [6.45, 7) is 2.22. The standard InChI is InChI=1S/C15H17N5O5/c21-13-9-12(17-15(18-13)19-4-6-25-7-5-19)14(22)16-10-2-1-3-11(8-10)20(23)24/h1-3,8,12H,4-7,9H2,(H,16,22)(H,17,18,21)/t12-/m0/s1. The number of anilines is 1. The molecule has 10 heteroatoms. The number of hydrogen-bond donors (Lipinski definition) is 2. The van der Waals surface area contributed by atoms with E-state index in [0.717, 1.165) is 0 Å². The Balaban J connectivity index is 1.73. The molecule has 132 valence electrons. The molecule has 0 bridgehead atoms. The maximum absolute atomic E-state index is 12.4. The zero-order valence-corrected chi connectivity index (χ0v) is 13.3. The van der Waals surface area contributed by atoms with E-state index in [4.69, 9.17) is 4.74 Å². The molecule has 0 unspecified atom stereocenters. The molecule has 10 nitrogen and oxygen atoms in total. The third-order valence-electron chi connectivity index (χ3n) is 3.85. The first-order chi connectivity index (χ1) is 12.0. The van der Waals surface area contributed by atoms with Crippen LogP contribution < -0.4 is 10.6 Å². The van der Waals surface area contributed by atoms with Crippen molar-refractivity contribution in [3.8, 4) is 0 Å². The molecule has 1 aromatic carbocycles. The Morgan fingerprint density at radius 3 is 2.88 bits per heavy atom. The molecule has 3 rings (SSSR count). The van der Waals surface area contributed by atoms with E-state index in [-0.39, 0.29) is 23.7 Å². The van der Waals surface area contributed by atoms with Gasteiger partial charge in [0.05, 0.1) is 24.6 Å². The second-order valence-corrected chi connectivity index (χ2v) is 5.62. The van der Waals surface area contributed by atoms with Gasteiger partial charge in [-0.15, -0.1) is 0 Å². The van der Waals surface area contributed by atoms with Crippen molar-refractivity contribution < 1.29 is 19.2 Å². The molecule has 2 aliphatic rings. The predicted molar refractivity (Wildman–Crippen MR) is 88.1 cm³/mol. The van der Waals surface area contributed by atoms with E-state index in [1.54, 1.807) is 6.07 Å². The Hall–Kier alpha value is -3.01. The largest absolute Gasteiger partial charge is 0.378 e. The number of hydrogen-bond acceptors (Lipinski definition) is 7. The van der Waals surface area contributed by atoms with Crippen LogP contribution in [0.2, 0.25) is 0 Å². The van der Waals surface area contributed by atoms with Crippen LogP contribution in [0.4, 0.5) is 11.4 Å². The summed E-state index contributed by atoms with van der Waals surface area (Å²) in [7, 11) is 0. The van der Waals surface area contributed by atoms with Crippen LogP contribution >= 0.6 is 0 Å². The molecule has 2 aliphatic heterocycles. The summed E-state index contributed by atoms with van der Waals surface area (Å²) < 4.78 is 5.26. The normalized spacial score (nSPS) is 20.5. The van der Waals surface area contributed by atoms with Crippen LogP contribution in [0.1, 0.15) is 6.42 Å². The molecule has 1 fully saturated rings. The Kier molecular flexibility index (Phi) is 4.89. The first-order valence-electron chi connectivity index (χ1n) is 7.78. The van der Waals surface area contributed by atoms with E-state index in [1.807, 2.05) is 4.90 Å². The van der Waals surface area contributed by atoms with Gasteiger partial charge in [-0.1, -0.05) is 6.07 Å². The van der Waals surface area contributed by atoms with Gasteiger partial charge >= 0.3 is 0 Å². The van der Waals surface area contributed by atoms with Crippen LogP contribution in [0, 0.1) is 10.1 Å². The number of non-ortho nitro benzene ring substituents is 1. The molecular weight excluding hydrogens is 330 g/mol. The van der Waals surface area contributed by atoms with Crippen LogP contribution in [0.15, 0.2) is 29.3 Å². The smallest absolute Gasteiger partial charge is 0.271 e. The molecule has 0 spiro atoms. The van der Waals surface area contributed by atoms with Crippen molar-refractivity contribution in [3.05, 3.63) is 34.4 Å². The highest BCUT2D eigenvalue weighted by molar-refractivity contribution is 6.06. The number of carbonyl (C=O) groups is 2. The van der Waals surface area contributed by atoms with Crippen molar-refractivity contribution in [1.29, 1.82) is 0 Å². The second-order valence-electron chi connectivity index (χ2n) is 5.62. The molecule has 1 aromatic rings. The van der Waals surface area contributed by atoms with Gasteiger partial charge in [0.1, 0.15) is 6.04 Å². The quantitative estimate of drug-likeness (QED) is 0.590. The average Bonchev–Trinajstić information content (AvgIpc) is 2.62. The van der Waals surface area contributed by atoms with E-state index < -0.39 is 16.9 Å². The Morgan fingerprint density at radius 1 is 1.40 bits per heavy atom. The maximum Gasteiger partial charge on any atom is 0.271 e. The molecule has 2 N–H and O–H groups in total. The highest BCUT2D eigenvalue weighted by atomic mass is 16.6. The van der Waals surface area contributed by atoms with Gasteiger partial charge in [-0.2, -0.15) is 0 Å². The van der Waals surface area contributed by atoms with Crippen molar-refractivity contribution in [1.82, 2.24) is 10.2 Å². The lowest BCUT2D eigenvalue weighted by Gasteiger charge is -2.32. The monoisotopic (exact) mass is 347 g/mol. The molecule has 1 saturated heterocycles. The van der Waals surface area contributed by atoms with Crippen molar-refractivity contribution in [2.45, 2.75) is 12.5 Å². The maximum atomic E-state index is 12.4. The minimum absolute atomic E-state index is 0.0748. The number of nitro benzene ring substituents is 1. The van der Waals surface area contributed by atoms with E-state index in [9.17, 15) is 19.7 Å².